The normalized spacial score (nSPS) is 12.0. The van der Waals surface area contributed by atoms with Crippen LogP contribution >= 0.6 is 69.6 Å². The number of anilines is 14. The van der Waals surface area contributed by atoms with Crippen molar-refractivity contribution >= 4 is 162 Å². The SMILES string of the molecule is CN(C)c1ncccc1N.CN(C)c1ncccc1Nc1cc(Cl)ncc1Cl.CN(C)c1ncccc1[N+](=O)[O-].CN1CCN(c2ccc(N)cc2)CC1.CN1CCN(c2ccc(Nc3ncc(Cl)c(Nc4cccnc4N(C)C)n3)cc2)CC1.Clc1ncc(Cl)c(Cl)n1.O=[N+]([O-])c1cccnc1F.[CH3-].[Pd]. The maximum atomic E-state index is 12.3. The minimum absolute atomic E-state index is 0. The number of aromatic nitrogens is 10. The fourth-order valence-electron chi connectivity index (χ4n) is 9.20. The number of rotatable bonds is 14. The molecule has 2 aliphatic heterocycles. The second-order valence-electron chi connectivity index (χ2n) is 23.2. The third-order valence-electron chi connectivity index (χ3n) is 14.5. The Labute approximate surface area is 660 Å². The largest absolute Gasteiger partial charge is 0.399 e. The first-order chi connectivity index (χ1) is 49.6. The number of nitrogens with one attached hydrogen (secondary N) is 3. The fourth-order valence-corrected chi connectivity index (χ4v) is 10.0. The number of nitrogens with two attached hydrogens (primary N) is 2. The van der Waals surface area contributed by atoms with Gasteiger partial charge in [0.2, 0.25) is 17.0 Å². The molecule has 2 saturated heterocycles. The second-order valence-corrected chi connectivity index (χ2v) is 25.5. The maximum Gasteiger partial charge on any atom is 0.323 e. The van der Waals surface area contributed by atoms with Gasteiger partial charge in [0.15, 0.2) is 28.4 Å². The van der Waals surface area contributed by atoms with Gasteiger partial charge in [0.1, 0.15) is 10.2 Å². The third kappa shape index (κ3) is 29.0. The Hall–Kier alpha value is -9.65. The van der Waals surface area contributed by atoms with E-state index in [2.05, 4.69) is 124 Å². The van der Waals surface area contributed by atoms with Crippen LogP contribution in [0, 0.1) is 33.6 Å². The van der Waals surface area contributed by atoms with Gasteiger partial charge < -0.3 is 74.0 Å². The summed E-state index contributed by atoms with van der Waals surface area (Å²) in [6.07, 6.45) is 12.3. The van der Waals surface area contributed by atoms with Crippen LogP contribution in [-0.4, -0.2) is 192 Å². The second kappa shape index (κ2) is 45.0. The molecule has 0 spiro atoms. The van der Waals surface area contributed by atoms with E-state index < -0.39 is 21.5 Å². The zero-order chi connectivity index (χ0) is 76.0. The van der Waals surface area contributed by atoms with Crippen LogP contribution < -0.4 is 56.8 Å². The minimum Gasteiger partial charge on any atom is -0.399 e. The molecular formula is C69H83Cl6FN25O4Pd-. The molecule has 37 heteroatoms. The fraction of sp³-hybridized carbons (Fsp3) is 0.261. The molecule has 2 aromatic carbocycles. The van der Waals surface area contributed by atoms with Crippen LogP contribution in [0.4, 0.5) is 96.3 Å². The Kier molecular flexibility index (Phi) is 37.7. The van der Waals surface area contributed by atoms with Crippen molar-refractivity contribution in [3.05, 3.63) is 229 Å². The van der Waals surface area contributed by atoms with Crippen molar-refractivity contribution in [2.75, 3.05) is 180 Å². The topological polar surface area (TPSA) is 329 Å². The predicted molar refractivity (Wildman–Crippen MR) is 428 cm³/mol. The smallest absolute Gasteiger partial charge is 0.323 e. The number of halogens is 7. The Bertz CT molecular complexity index is 4350. The maximum absolute atomic E-state index is 12.3. The molecule has 568 valence electrons. The molecule has 0 bridgehead atoms. The molecule has 0 saturated carbocycles. The van der Waals surface area contributed by atoms with Crippen LogP contribution in [0.5, 0.6) is 0 Å². The Morgan fingerprint density at radius 1 is 0.472 bits per heavy atom. The van der Waals surface area contributed by atoms with Crippen molar-refractivity contribution in [1.82, 2.24) is 59.6 Å². The van der Waals surface area contributed by atoms with Crippen molar-refractivity contribution in [3.8, 4) is 0 Å². The first-order valence-electron chi connectivity index (χ1n) is 31.5. The van der Waals surface area contributed by atoms with Crippen molar-refractivity contribution in [2.24, 2.45) is 0 Å². The van der Waals surface area contributed by atoms with Crippen LogP contribution in [0.2, 0.25) is 30.7 Å². The average molecular weight is 1660 g/mol. The van der Waals surface area contributed by atoms with E-state index in [9.17, 15) is 24.6 Å². The van der Waals surface area contributed by atoms with E-state index >= 15 is 0 Å². The minimum atomic E-state index is -1.05. The van der Waals surface area contributed by atoms with Crippen LogP contribution in [0.1, 0.15) is 0 Å². The number of hydrogen-bond donors (Lipinski definition) is 5. The summed E-state index contributed by atoms with van der Waals surface area (Å²) in [5.41, 5.74) is 18.1. The van der Waals surface area contributed by atoms with Gasteiger partial charge >= 0.3 is 11.4 Å². The molecule has 29 nitrogen and oxygen atoms in total. The van der Waals surface area contributed by atoms with Crippen molar-refractivity contribution in [1.29, 1.82) is 0 Å². The van der Waals surface area contributed by atoms with Crippen LogP contribution in [-0.2, 0) is 20.4 Å². The average Bonchev–Trinajstić information content (AvgIpc) is 0.836. The molecule has 7 N–H and O–H groups in total. The van der Waals surface area contributed by atoms with E-state index in [1.54, 1.807) is 55.9 Å². The Morgan fingerprint density at radius 2 is 0.906 bits per heavy atom. The Balaban J connectivity index is 0.000000275. The number of hydrogen-bond acceptors (Lipinski definition) is 27. The van der Waals surface area contributed by atoms with Gasteiger partial charge in [-0.1, -0.05) is 58.0 Å². The molecule has 0 unspecified atom stereocenters. The van der Waals surface area contributed by atoms with E-state index in [-0.39, 0.29) is 44.0 Å². The number of nitrogens with zero attached hydrogens (tertiary/aromatic N) is 20. The molecule has 0 atom stereocenters. The van der Waals surface area contributed by atoms with Gasteiger partial charge in [-0.25, -0.2) is 44.9 Å². The summed E-state index contributed by atoms with van der Waals surface area (Å²) in [6.45, 7) is 8.76. The molecule has 12 rings (SSSR count). The molecule has 0 radical (unpaired) electrons. The number of pyridine rings is 6. The van der Waals surface area contributed by atoms with E-state index in [0.29, 0.717) is 49.2 Å². The van der Waals surface area contributed by atoms with Crippen LogP contribution in [0.3, 0.4) is 0 Å². The standard InChI is InChI=1S/C22H27ClN8.C12H12Cl2N4.C11H17N3.C7H9N3O2.C7H11N3.C5H3FN2O2.C4HCl3N2.CH3.Pd/c1-29(2)21-19(5-4-10-24-21)27-20-18(23)15-25-22(28-20)26-16-6-8-17(9-7-16)31-13-11-30(3)12-14-31;1-18(2)12-9(4-3-5-15-12)17-10-6-11(14)16-7-8(10)13;1-13-6-8-14(9-7-13)11-4-2-10(12)3-5-11;1-9(2)7-6(10(11)12)4-3-5-8-7;1-10(2)7-6(8)4-3-5-9-7;6-5-4(8(9)10)2-1-3-7-5;5-2-1-8-4(7)9-3(2)6;;/h4-10,15H,11-14H2,1-3H3,(H2,25,26,27,28);3-7H,1-2H3,(H,16,17);2-5H,6-9,12H2,1H3;3-5H,1-2H3;3-5H,8H2,1-2H3;1-3H;1H;1H3;/q;;;;;;;-1;. The van der Waals surface area contributed by atoms with Gasteiger partial charge in [-0.15, -0.1) is 0 Å². The quantitative estimate of drug-likeness (QED) is 0.00987. The molecule has 0 amide bonds. The predicted octanol–water partition coefficient (Wildman–Crippen LogP) is 14.2. The molecule has 10 heterocycles. The number of nitro groups is 2. The molecule has 106 heavy (non-hydrogen) atoms. The molecule has 10 aromatic rings. The molecule has 2 aliphatic rings. The van der Waals surface area contributed by atoms with Crippen LogP contribution in [0.15, 0.2) is 165 Å². The number of nitrogen functional groups attached to an aromatic ring is 2. The van der Waals surface area contributed by atoms with E-state index in [1.807, 2.05) is 118 Å². The van der Waals surface area contributed by atoms with Crippen molar-refractivity contribution < 1.29 is 34.7 Å². The number of likely N-dealkylation sites (N-methyl/N-ethyl adjacent to an activating group) is 2. The number of piperazine rings is 2. The molecule has 8 aromatic heterocycles. The Morgan fingerprint density at radius 3 is 1.35 bits per heavy atom. The third-order valence-corrected chi connectivity index (χ3v) is 16.1. The summed E-state index contributed by atoms with van der Waals surface area (Å²) in [4.78, 5) is 75.7. The first-order valence-corrected chi connectivity index (χ1v) is 33.8. The van der Waals surface area contributed by atoms with Gasteiger partial charge in [0, 0.05) is 207 Å². The number of benzene rings is 2. The first kappa shape index (κ1) is 88.8. The summed E-state index contributed by atoms with van der Waals surface area (Å²) >= 11 is 34.5. The summed E-state index contributed by atoms with van der Waals surface area (Å²) in [5.74, 6) is 2.75. The van der Waals surface area contributed by atoms with Crippen molar-refractivity contribution in [3.63, 3.8) is 0 Å². The van der Waals surface area contributed by atoms with Gasteiger partial charge in [0.05, 0.1) is 55.0 Å². The summed E-state index contributed by atoms with van der Waals surface area (Å²) < 4.78 is 12.3. The van der Waals surface area contributed by atoms with E-state index in [0.717, 1.165) is 105 Å². The zero-order valence-electron chi connectivity index (χ0n) is 59.9. The zero-order valence-corrected chi connectivity index (χ0v) is 66.0. The van der Waals surface area contributed by atoms with E-state index in [1.165, 1.54) is 42.1 Å². The van der Waals surface area contributed by atoms with Gasteiger partial charge in [-0.2, -0.15) is 9.37 Å². The summed E-state index contributed by atoms with van der Waals surface area (Å²) in [5, 5.41) is 32.1. The molecule has 0 aliphatic carbocycles. The summed E-state index contributed by atoms with van der Waals surface area (Å²) in [6, 6.07) is 34.7. The monoisotopic (exact) mass is 1660 g/mol. The van der Waals surface area contributed by atoms with Gasteiger partial charge in [-0.3, -0.25) is 20.2 Å². The molecular weight excluding hydrogens is 1580 g/mol. The summed E-state index contributed by atoms with van der Waals surface area (Å²) in [7, 11) is 19.3. The molecule has 2 fully saturated rings. The van der Waals surface area contributed by atoms with Crippen molar-refractivity contribution in [2.45, 2.75) is 0 Å². The van der Waals surface area contributed by atoms with E-state index in [4.69, 9.17) is 81.1 Å². The van der Waals surface area contributed by atoms with Gasteiger partial charge in [0.25, 0.3) is 5.95 Å². The van der Waals surface area contributed by atoms with Crippen LogP contribution in [0.25, 0.3) is 0 Å². The van der Waals surface area contributed by atoms with Gasteiger partial charge in [-0.05, 0) is 123 Å².